The summed E-state index contributed by atoms with van der Waals surface area (Å²) in [6.07, 6.45) is 4.59. The van der Waals surface area contributed by atoms with Crippen LogP contribution in [0.4, 0.5) is 10.8 Å². The van der Waals surface area contributed by atoms with Gasteiger partial charge in [-0.25, -0.2) is 18.1 Å². The van der Waals surface area contributed by atoms with Crippen LogP contribution in [0.1, 0.15) is 41.7 Å². The van der Waals surface area contributed by atoms with Gasteiger partial charge in [0.2, 0.25) is 10.0 Å². The molecule has 0 unspecified atom stereocenters. The molecule has 0 aliphatic heterocycles. The minimum atomic E-state index is -3.38. The molecular formula is C20H24N4O6S2. The molecular weight excluding hydrogens is 456 g/mol. The molecule has 1 aliphatic rings. The lowest BCUT2D eigenvalue weighted by atomic mass is 9.95. The average Bonchev–Trinajstić information content (AvgIpc) is 3.43. The van der Waals surface area contributed by atoms with E-state index < -0.39 is 21.8 Å². The summed E-state index contributed by atoms with van der Waals surface area (Å²) in [6, 6.07) is 4.70. The maximum absolute atomic E-state index is 12.9. The Morgan fingerprint density at radius 2 is 1.84 bits per heavy atom. The number of aromatic nitrogens is 1. The lowest BCUT2D eigenvalue weighted by Crippen LogP contribution is -2.30. The van der Waals surface area contributed by atoms with Gasteiger partial charge in [-0.05, 0) is 31.0 Å². The molecule has 0 spiro atoms. The number of rotatable bonds is 8. The molecule has 1 aromatic heterocycles. The van der Waals surface area contributed by atoms with Crippen LogP contribution in [0.5, 0.6) is 5.75 Å². The first-order valence-electron chi connectivity index (χ1n) is 9.90. The zero-order valence-corrected chi connectivity index (χ0v) is 19.3. The van der Waals surface area contributed by atoms with E-state index in [1.54, 1.807) is 17.5 Å². The van der Waals surface area contributed by atoms with Crippen LogP contribution < -0.4 is 20.1 Å². The monoisotopic (exact) mass is 480 g/mol. The normalized spacial score (nSPS) is 14.2. The molecule has 1 heterocycles. The third-order valence-corrected chi connectivity index (χ3v) is 6.44. The fourth-order valence-corrected chi connectivity index (χ4v) is 4.47. The molecule has 0 atom stereocenters. The number of nitrogens with zero attached hydrogens (tertiary/aromatic N) is 1. The van der Waals surface area contributed by atoms with Crippen molar-refractivity contribution in [1.29, 1.82) is 0 Å². The Balaban J connectivity index is 1.68. The van der Waals surface area contributed by atoms with Gasteiger partial charge >= 0.3 is 11.8 Å². The lowest BCUT2D eigenvalue weighted by Gasteiger charge is -2.14. The molecule has 1 fully saturated rings. The summed E-state index contributed by atoms with van der Waals surface area (Å²) in [5.41, 5.74) is 0.941. The van der Waals surface area contributed by atoms with Gasteiger partial charge in [-0.15, -0.1) is 11.3 Å². The van der Waals surface area contributed by atoms with Gasteiger partial charge in [0.05, 0.1) is 31.3 Å². The van der Waals surface area contributed by atoms with Crippen LogP contribution in [0.15, 0.2) is 23.6 Å². The highest BCUT2D eigenvalue weighted by molar-refractivity contribution is 7.88. The zero-order valence-electron chi connectivity index (χ0n) is 17.6. The molecule has 0 saturated heterocycles. The largest absolute Gasteiger partial charge is 0.497 e. The fraction of sp³-hybridized carbons (Fsp3) is 0.400. The summed E-state index contributed by atoms with van der Waals surface area (Å²) < 4.78 is 29.8. The van der Waals surface area contributed by atoms with Crippen molar-refractivity contribution in [2.45, 2.75) is 32.2 Å². The van der Waals surface area contributed by atoms with E-state index in [1.165, 1.54) is 13.2 Å². The van der Waals surface area contributed by atoms with Crippen molar-refractivity contribution < 1.29 is 27.5 Å². The minimum Gasteiger partial charge on any atom is -0.497 e. The van der Waals surface area contributed by atoms with Crippen LogP contribution in [0.2, 0.25) is 0 Å². The Labute approximate surface area is 189 Å². The molecule has 2 aromatic rings. The third kappa shape index (κ3) is 6.34. The van der Waals surface area contributed by atoms with Crippen molar-refractivity contribution in [3.63, 3.8) is 0 Å². The second kappa shape index (κ2) is 10.2. The predicted octanol–water partition coefficient (Wildman–Crippen LogP) is 2.15. The molecule has 3 rings (SSSR count). The van der Waals surface area contributed by atoms with Crippen molar-refractivity contribution in [3.8, 4) is 5.75 Å². The van der Waals surface area contributed by atoms with Gasteiger partial charge in [-0.2, -0.15) is 0 Å². The van der Waals surface area contributed by atoms with E-state index in [2.05, 4.69) is 20.3 Å². The summed E-state index contributed by atoms with van der Waals surface area (Å²) >= 11 is 1.05. The molecule has 1 aliphatic carbocycles. The highest BCUT2D eigenvalue weighted by atomic mass is 32.2. The highest BCUT2D eigenvalue weighted by Crippen LogP contribution is 2.32. The first kappa shape index (κ1) is 23.8. The smallest absolute Gasteiger partial charge is 0.315 e. The number of ether oxygens (including phenoxy) is 1. The SMILES string of the molecule is COc1ccc(NC(=O)C(=O)Nc2nc(CNS(C)(=O)=O)cs2)c(C(=O)C2CCCC2)c1. The van der Waals surface area contributed by atoms with Crippen LogP contribution in [0.3, 0.4) is 0 Å². The van der Waals surface area contributed by atoms with Crippen LogP contribution in [-0.4, -0.2) is 44.4 Å². The number of carbonyl (C=O) groups excluding carboxylic acids is 3. The highest BCUT2D eigenvalue weighted by Gasteiger charge is 2.27. The number of Topliss-reactive ketones (excluding diaryl/α,β-unsaturated/α-hetero) is 1. The van der Waals surface area contributed by atoms with E-state index in [4.69, 9.17) is 4.74 Å². The summed E-state index contributed by atoms with van der Waals surface area (Å²) in [4.78, 5) is 41.8. The van der Waals surface area contributed by atoms with E-state index in [9.17, 15) is 22.8 Å². The molecule has 32 heavy (non-hydrogen) atoms. The molecule has 10 nitrogen and oxygen atoms in total. The van der Waals surface area contributed by atoms with Crippen molar-refractivity contribution in [3.05, 3.63) is 34.8 Å². The molecule has 12 heteroatoms. The Morgan fingerprint density at radius 3 is 2.50 bits per heavy atom. The maximum atomic E-state index is 12.9. The molecule has 172 valence electrons. The zero-order chi connectivity index (χ0) is 23.3. The second-order valence-corrected chi connectivity index (χ2v) is 10.1. The predicted molar refractivity (Wildman–Crippen MR) is 120 cm³/mol. The van der Waals surface area contributed by atoms with E-state index in [-0.39, 0.29) is 29.1 Å². The van der Waals surface area contributed by atoms with Crippen LogP contribution >= 0.6 is 11.3 Å². The number of amides is 2. The van der Waals surface area contributed by atoms with Gasteiger partial charge in [-0.3, -0.25) is 19.7 Å². The number of sulfonamides is 1. The fourth-order valence-electron chi connectivity index (χ4n) is 3.35. The van der Waals surface area contributed by atoms with Gasteiger partial charge < -0.3 is 10.1 Å². The summed E-state index contributed by atoms with van der Waals surface area (Å²) in [7, 11) is -1.90. The minimum absolute atomic E-state index is 0.0319. The lowest BCUT2D eigenvalue weighted by molar-refractivity contribution is -0.133. The van der Waals surface area contributed by atoms with Crippen molar-refractivity contribution >= 4 is 49.8 Å². The van der Waals surface area contributed by atoms with Gasteiger partial charge in [0.25, 0.3) is 0 Å². The first-order chi connectivity index (χ1) is 15.2. The number of benzene rings is 1. The number of anilines is 2. The van der Waals surface area contributed by atoms with Crippen LogP contribution in [-0.2, 0) is 26.2 Å². The number of hydrogen-bond acceptors (Lipinski definition) is 8. The Morgan fingerprint density at radius 1 is 1.16 bits per heavy atom. The van der Waals surface area contributed by atoms with Crippen molar-refractivity contribution in [1.82, 2.24) is 9.71 Å². The molecule has 0 bridgehead atoms. The number of nitrogens with one attached hydrogen (secondary N) is 3. The Hall–Kier alpha value is -2.83. The number of hydrogen-bond donors (Lipinski definition) is 3. The number of carbonyl (C=O) groups is 3. The standard InChI is InChI=1S/C20H24N4O6S2/c1-30-14-7-8-16(15(9-14)17(25)12-5-3-4-6-12)23-18(26)19(27)24-20-22-13(11-31-20)10-21-32(2,28)29/h7-9,11-12,21H,3-6,10H2,1-2H3,(H,23,26)(H,22,24,27). The number of ketones is 1. The van der Waals surface area contributed by atoms with Gasteiger partial charge in [0.15, 0.2) is 10.9 Å². The van der Waals surface area contributed by atoms with E-state index in [0.717, 1.165) is 43.3 Å². The Bertz CT molecular complexity index is 1120. The molecule has 1 aromatic carbocycles. The number of methoxy groups -OCH3 is 1. The first-order valence-corrected chi connectivity index (χ1v) is 12.7. The molecule has 2 amide bonds. The van der Waals surface area contributed by atoms with Crippen LogP contribution in [0, 0.1) is 5.92 Å². The summed E-state index contributed by atoms with van der Waals surface area (Å²) in [6.45, 7) is -0.0319. The van der Waals surface area contributed by atoms with Gasteiger partial charge in [0.1, 0.15) is 5.75 Å². The van der Waals surface area contributed by atoms with Crippen molar-refractivity contribution in [2.75, 3.05) is 24.0 Å². The average molecular weight is 481 g/mol. The van der Waals surface area contributed by atoms with E-state index in [0.29, 0.717) is 17.0 Å². The van der Waals surface area contributed by atoms with E-state index in [1.807, 2.05) is 0 Å². The van der Waals surface area contributed by atoms with Crippen molar-refractivity contribution in [2.24, 2.45) is 5.92 Å². The molecule has 3 N–H and O–H groups in total. The molecule has 1 saturated carbocycles. The van der Waals surface area contributed by atoms with Gasteiger partial charge in [0, 0.05) is 16.9 Å². The molecule has 0 radical (unpaired) electrons. The van der Waals surface area contributed by atoms with Crippen LogP contribution in [0.25, 0.3) is 0 Å². The van der Waals surface area contributed by atoms with Gasteiger partial charge in [-0.1, -0.05) is 12.8 Å². The third-order valence-electron chi connectivity index (χ3n) is 4.96. The quantitative estimate of drug-likeness (QED) is 0.388. The number of thiazole rings is 1. The Kier molecular flexibility index (Phi) is 7.59. The summed E-state index contributed by atoms with van der Waals surface area (Å²) in [5.74, 6) is -1.63. The maximum Gasteiger partial charge on any atom is 0.315 e. The van der Waals surface area contributed by atoms with E-state index >= 15 is 0 Å². The second-order valence-electron chi connectivity index (χ2n) is 7.40. The summed E-state index contributed by atoms with van der Waals surface area (Å²) in [5, 5.41) is 6.58. The topological polar surface area (TPSA) is 144 Å².